The van der Waals surface area contributed by atoms with Crippen LogP contribution in [0, 0.1) is 0 Å². The average molecular weight is 435 g/mol. The van der Waals surface area contributed by atoms with Crippen molar-refractivity contribution in [3.05, 3.63) is 50.8 Å². The van der Waals surface area contributed by atoms with E-state index in [1.165, 1.54) is 22.9 Å². The summed E-state index contributed by atoms with van der Waals surface area (Å²) in [4.78, 5) is 38.3. The lowest BCUT2D eigenvalue weighted by molar-refractivity contribution is -0.116. The minimum absolute atomic E-state index is 0.153. The van der Waals surface area contributed by atoms with Crippen LogP contribution in [0.4, 0.5) is 0 Å². The number of nitrogens with two attached hydrogens (primary N) is 1. The molecule has 0 aliphatic carbocycles. The molecule has 9 heteroatoms. The van der Waals surface area contributed by atoms with E-state index in [1.807, 2.05) is 0 Å². The maximum atomic E-state index is 12.1. The molecule has 31 heavy (non-hydrogen) atoms. The fraction of sp³-hybridized carbons (Fsp3) is 0.591. The maximum absolute atomic E-state index is 12.1. The van der Waals surface area contributed by atoms with Gasteiger partial charge in [-0.25, -0.2) is 4.79 Å². The fourth-order valence-corrected chi connectivity index (χ4v) is 3.31. The first kappa shape index (κ1) is 24.8. The first-order valence-electron chi connectivity index (χ1n) is 11.0. The Bertz CT molecular complexity index is 873. The monoisotopic (exact) mass is 434 g/mol. The Labute approximate surface area is 182 Å². The highest BCUT2D eigenvalue weighted by Gasteiger charge is 2.21. The van der Waals surface area contributed by atoms with Crippen molar-refractivity contribution in [3.8, 4) is 0 Å². The molecule has 1 aromatic rings. The average Bonchev–Trinajstić information content (AvgIpc) is 3.23. The number of H-pyrrole nitrogens is 1. The van der Waals surface area contributed by atoms with Crippen molar-refractivity contribution in [1.82, 2.24) is 14.9 Å². The van der Waals surface area contributed by atoms with E-state index in [4.69, 9.17) is 15.6 Å². The van der Waals surface area contributed by atoms with Crippen LogP contribution >= 0.6 is 0 Å². The number of nitrogens with zero attached hydrogens (tertiary/aromatic N) is 1. The minimum Gasteiger partial charge on any atom is -0.393 e. The van der Waals surface area contributed by atoms with Gasteiger partial charge in [0.05, 0.1) is 12.2 Å². The van der Waals surface area contributed by atoms with Crippen molar-refractivity contribution in [2.45, 2.75) is 70.2 Å². The van der Waals surface area contributed by atoms with E-state index in [2.05, 4.69) is 17.2 Å². The molecule has 3 atom stereocenters. The molecule has 2 rings (SSSR count). The Morgan fingerprint density at radius 3 is 2.77 bits per heavy atom. The number of aromatic amines is 1. The van der Waals surface area contributed by atoms with Crippen LogP contribution in [0.5, 0.6) is 0 Å². The second-order valence-electron chi connectivity index (χ2n) is 7.76. The highest BCUT2D eigenvalue weighted by molar-refractivity contribution is 5.91. The zero-order chi connectivity index (χ0) is 22.6. The smallest absolute Gasteiger partial charge is 0.330 e. The number of rotatable bonds is 13. The first-order chi connectivity index (χ1) is 14.9. The van der Waals surface area contributed by atoms with Crippen molar-refractivity contribution < 1.29 is 14.6 Å². The fourth-order valence-electron chi connectivity index (χ4n) is 3.31. The molecule has 0 radical (unpaired) electrons. The molecule has 1 aliphatic rings. The number of amides is 1. The van der Waals surface area contributed by atoms with Crippen LogP contribution in [0.25, 0.3) is 6.08 Å². The van der Waals surface area contributed by atoms with Crippen LogP contribution in [0.1, 0.15) is 63.7 Å². The van der Waals surface area contributed by atoms with Crippen LogP contribution in [-0.4, -0.2) is 45.9 Å². The van der Waals surface area contributed by atoms with E-state index in [9.17, 15) is 14.4 Å². The number of unbranched alkanes of at least 4 members (excludes halogenated alkanes) is 3. The zero-order valence-corrected chi connectivity index (χ0v) is 18.1. The van der Waals surface area contributed by atoms with Gasteiger partial charge >= 0.3 is 5.69 Å². The van der Waals surface area contributed by atoms with Crippen LogP contribution in [0.15, 0.2) is 34.0 Å². The van der Waals surface area contributed by atoms with E-state index in [0.717, 1.165) is 44.9 Å². The van der Waals surface area contributed by atoms with Crippen LogP contribution in [0.3, 0.4) is 0 Å². The quantitative estimate of drug-likeness (QED) is 0.209. The maximum Gasteiger partial charge on any atom is 0.330 e. The SMILES string of the molecule is CCCCC(N)CCCCCNC(=O)/C=C\c1cn(C2C=CC(CO)O2)c(=O)[nH]c1=O. The van der Waals surface area contributed by atoms with E-state index < -0.39 is 23.6 Å². The number of carbonyl (C=O) groups is 1. The van der Waals surface area contributed by atoms with Gasteiger partial charge in [0, 0.05) is 24.9 Å². The standard InChI is InChI=1S/C22H34N4O5/c1-2-3-7-17(23)8-5-4-6-13-24-19(28)11-9-16-14-26(22(30)25-21(16)29)20-12-10-18(15-27)31-20/h9-12,14,17-18,20,27H,2-8,13,15,23H2,1H3,(H,24,28)(H,25,29,30)/b11-9-. The number of hydrogen-bond acceptors (Lipinski definition) is 6. The summed E-state index contributed by atoms with van der Waals surface area (Å²) in [6.07, 6.45) is 13.3. The molecule has 5 N–H and O–H groups in total. The van der Waals surface area contributed by atoms with Gasteiger partial charge < -0.3 is 20.9 Å². The second kappa shape index (κ2) is 13.0. The Morgan fingerprint density at radius 1 is 1.29 bits per heavy atom. The molecule has 3 unspecified atom stereocenters. The van der Waals surface area contributed by atoms with Crippen molar-refractivity contribution in [2.24, 2.45) is 5.73 Å². The number of nitrogens with one attached hydrogen (secondary N) is 2. The lowest BCUT2D eigenvalue weighted by atomic mass is 10.0. The predicted molar refractivity (Wildman–Crippen MR) is 119 cm³/mol. The molecule has 0 spiro atoms. The molecule has 172 valence electrons. The van der Waals surface area contributed by atoms with Crippen LogP contribution in [0.2, 0.25) is 0 Å². The topological polar surface area (TPSA) is 139 Å². The molecule has 1 amide bonds. The van der Waals surface area contributed by atoms with Gasteiger partial charge in [-0.3, -0.25) is 19.1 Å². The summed E-state index contributed by atoms with van der Waals surface area (Å²) in [6, 6.07) is 0.262. The third-order valence-electron chi connectivity index (χ3n) is 5.15. The van der Waals surface area contributed by atoms with Crippen LogP contribution < -0.4 is 22.3 Å². The normalized spacial score (nSPS) is 19.2. The van der Waals surface area contributed by atoms with Gasteiger partial charge in [0.15, 0.2) is 6.23 Å². The molecule has 1 aliphatic heterocycles. The van der Waals surface area contributed by atoms with Gasteiger partial charge in [0.2, 0.25) is 5.91 Å². The Morgan fingerprint density at radius 2 is 2.06 bits per heavy atom. The van der Waals surface area contributed by atoms with Gasteiger partial charge in [-0.15, -0.1) is 0 Å². The largest absolute Gasteiger partial charge is 0.393 e. The van der Waals surface area contributed by atoms with Gasteiger partial charge in [-0.05, 0) is 31.4 Å². The van der Waals surface area contributed by atoms with Crippen LogP contribution in [-0.2, 0) is 9.53 Å². The third kappa shape index (κ3) is 8.28. The molecule has 1 aromatic heterocycles. The molecule has 2 heterocycles. The van der Waals surface area contributed by atoms with Crippen molar-refractivity contribution >= 4 is 12.0 Å². The molecule has 9 nitrogen and oxygen atoms in total. The summed E-state index contributed by atoms with van der Waals surface area (Å²) < 4.78 is 6.69. The number of aromatic nitrogens is 2. The van der Waals surface area contributed by atoms with Crippen molar-refractivity contribution in [1.29, 1.82) is 0 Å². The third-order valence-corrected chi connectivity index (χ3v) is 5.15. The number of aliphatic hydroxyl groups excluding tert-OH is 1. The van der Waals surface area contributed by atoms with E-state index in [1.54, 1.807) is 12.2 Å². The highest BCUT2D eigenvalue weighted by atomic mass is 16.5. The Hall–Kier alpha value is -2.49. The van der Waals surface area contributed by atoms with Crippen molar-refractivity contribution in [2.75, 3.05) is 13.2 Å². The number of hydrogen-bond donors (Lipinski definition) is 4. The molecule has 0 saturated carbocycles. The minimum atomic E-state index is -0.724. The second-order valence-corrected chi connectivity index (χ2v) is 7.76. The number of aliphatic hydroxyl groups is 1. The zero-order valence-electron chi connectivity index (χ0n) is 18.1. The lowest BCUT2D eigenvalue weighted by Crippen LogP contribution is -2.33. The highest BCUT2D eigenvalue weighted by Crippen LogP contribution is 2.19. The molecular weight excluding hydrogens is 400 g/mol. The summed E-state index contributed by atoms with van der Waals surface area (Å²) >= 11 is 0. The van der Waals surface area contributed by atoms with Gasteiger partial charge in [-0.1, -0.05) is 38.7 Å². The summed E-state index contributed by atoms with van der Waals surface area (Å²) in [5.41, 5.74) is 4.98. The van der Waals surface area contributed by atoms with E-state index >= 15 is 0 Å². The number of carbonyl (C=O) groups excluding carboxylic acids is 1. The van der Waals surface area contributed by atoms with Gasteiger partial charge in [0.1, 0.15) is 6.10 Å². The van der Waals surface area contributed by atoms with E-state index in [-0.39, 0.29) is 24.1 Å². The predicted octanol–water partition coefficient (Wildman–Crippen LogP) is 1.19. The van der Waals surface area contributed by atoms with E-state index in [0.29, 0.717) is 6.54 Å². The van der Waals surface area contributed by atoms with Gasteiger partial charge in [-0.2, -0.15) is 0 Å². The molecular formula is C22H34N4O5. The molecule has 0 fully saturated rings. The summed E-state index contributed by atoms with van der Waals surface area (Å²) in [7, 11) is 0. The van der Waals surface area contributed by atoms with Gasteiger partial charge in [0.25, 0.3) is 5.56 Å². The van der Waals surface area contributed by atoms with Crippen molar-refractivity contribution in [3.63, 3.8) is 0 Å². The Kier molecular flexibility index (Phi) is 10.4. The summed E-state index contributed by atoms with van der Waals surface area (Å²) in [5.74, 6) is -0.311. The Balaban J connectivity index is 1.79. The molecule has 0 saturated heterocycles. The lowest BCUT2D eigenvalue weighted by Gasteiger charge is -2.15. The molecule has 0 aromatic carbocycles. The summed E-state index contributed by atoms with van der Waals surface area (Å²) in [6.45, 7) is 2.50. The molecule has 0 bridgehead atoms. The summed E-state index contributed by atoms with van der Waals surface area (Å²) in [5, 5.41) is 11.9. The number of ether oxygens (including phenoxy) is 1. The first-order valence-corrected chi connectivity index (χ1v) is 11.0.